The van der Waals surface area contributed by atoms with Gasteiger partial charge in [-0.1, -0.05) is 65.1 Å². The smallest absolute Gasteiger partial charge is 0.104 e. The second kappa shape index (κ2) is 7.26. The van der Waals surface area contributed by atoms with E-state index in [0.717, 1.165) is 22.0 Å². The number of hydrogen-bond acceptors (Lipinski definition) is 1. The average molecular weight is 354 g/mol. The van der Waals surface area contributed by atoms with Crippen molar-refractivity contribution >= 4 is 27.5 Å². The Hall–Kier alpha value is -0.830. The van der Waals surface area contributed by atoms with Gasteiger partial charge in [-0.2, -0.15) is 0 Å². The van der Waals surface area contributed by atoms with Crippen LogP contribution >= 0.6 is 27.5 Å². The number of halogens is 2. The van der Waals surface area contributed by atoms with E-state index in [-0.39, 0.29) is 0 Å². The highest BCUT2D eigenvalue weighted by atomic mass is 79.9. The van der Waals surface area contributed by atoms with Crippen molar-refractivity contribution in [1.82, 2.24) is 0 Å². The molecule has 0 aliphatic rings. The highest BCUT2D eigenvalue weighted by Gasteiger charge is 2.11. The van der Waals surface area contributed by atoms with Crippen LogP contribution in [-0.4, -0.2) is 5.11 Å². The van der Waals surface area contributed by atoms with Crippen molar-refractivity contribution in [3.63, 3.8) is 0 Å². The molecular weight excluding hydrogens is 336 g/mol. The fourth-order valence-electron chi connectivity index (χ4n) is 2.17. The summed E-state index contributed by atoms with van der Waals surface area (Å²) >= 11 is 9.42. The Kier molecular flexibility index (Phi) is 5.64. The number of unbranched alkanes of at least 4 members (excludes halogenated alkanes) is 1. The van der Waals surface area contributed by atoms with Crippen LogP contribution in [0, 0.1) is 0 Å². The topological polar surface area (TPSA) is 20.2 Å². The van der Waals surface area contributed by atoms with Gasteiger partial charge >= 0.3 is 0 Å². The van der Waals surface area contributed by atoms with E-state index < -0.39 is 6.10 Å². The molecule has 0 aliphatic carbocycles. The minimum atomic E-state index is -0.648. The minimum absolute atomic E-state index is 0.619. The summed E-state index contributed by atoms with van der Waals surface area (Å²) in [6.45, 7) is 2.19. The lowest BCUT2D eigenvalue weighted by molar-refractivity contribution is 0.220. The van der Waals surface area contributed by atoms with E-state index in [1.807, 2.05) is 24.3 Å². The molecule has 20 heavy (non-hydrogen) atoms. The summed E-state index contributed by atoms with van der Waals surface area (Å²) in [7, 11) is 0. The number of hydrogen-bond donors (Lipinski definition) is 1. The quantitative estimate of drug-likeness (QED) is 0.749. The molecule has 1 atom stereocenters. The van der Waals surface area contributed by atoms with Gasteiger partial charge in [0, 0.05) is 9.50 Å². The molecule has 0 fully saturated rings. The van der Waals surface area contributed by atoms with E-state index in [9.17, 15) is 5.11 Å². The number of rotatable bonds is 5. The van der Waals surface area contributed by atoms with Crippen molar-refractivity contribution in [1.29, 1.82) is 0 Å². The van der Waals surface area contributed by atoms with Gasteiger partial charge in [-0.25, -0.2) is 0 Å². The summed E-state index contributed by atoms with van der Waals surface area (Å²) in [4.78, 5) is 0. The Morgan fingerprint density at radius 3 is 2.40 bits per heavy atom. The molecule has 2 rings (SSSR count). The number of aryl methyl sites for hydroxylation is 1. The van der Waals surface area contributed by atoms with E-state index in [2.05, 4.69) is 35.0 Å². The number of aliphatic hydroxyl groups excluding tert-OH is 1. The van der Waals surface area contributed by atoms with E-state index >= 15 is 0 Å². The van der Waals surface area contributed by atoms with Crippen LogP contribution in [-0.2, 0) is 6.42 Å². The molecule has 0 saturated carbocycles. The maximum absolute atomic E-state index is 10.4. The van der Waals surface area contributed by atoms with Gasteiger partial charge in [-0.05, 0) is 47.7 Å². The summed E-state index contributed by atoms with van der Waals surface area (Å²) in [5.41, 5.74) is 3.00. The van der Waals surface area contributed by atoms with Crippen LogP contribution in [0.1, 0.15) is 42.6 Å². The van der Waals surface area contributed by atoms with Gasteiger partial charge in [-0.15, -0.1) is 0 Å². The first-order valence-electron chi connectivity index (χ1n) is 6.83. The van der Waals surface area contributed by atoms with E-state index in [0.29, 0.717) is 5.02 Å². The summed E-state index contributed by atoms with van der Waals surface area (Å²) in [6, 6.07) is 13.7. The largest absolute Gasteiger partial charge is 0.384 e. The van der Waals surface area contributed by atoms with Crippen LogP contribution in [0.25, 0.3) is 0 Å². The van der Waals surface area contributed by atoms with Crippen molar-refractivity contribution in [3.8, 4) is 0 Å². The first kappa shape index (κ1) is 15.6. The molecule has 2 aromatic carbocycles. The highest BCUT2D eigenvalue weighted by Crippen LogP contribution is 2.28. The van der Waals surface area contributed by atoms with Crippen LogP contribution in [0.4, 0.5) is 0 Å². The van der Waals surface area contributed by atoms with Gasteiger partial charge in [0.15, 0.2) is 0 Å². The van der Waals surface area contributed by atoms with Crippen molar-refractivity contribution in [2.45, 2.75) is 32.3 Å². The Morgan fingerprint density at radius 2 is 1.80 bits per heavy atom. The number of benzene rings is 2. The lowest BCUT2D eigenvalue weighted by Gasteiger charge is -2.13. The fraction of sp³-hybridized carbons (Fsp3) is 0.294. The number of aliphatic hydroxyl groups is 1. The molecule has 106 valence electrons. The molecule has 0 amide bonds. The standard InChI is InChI=1S/C17H18BrClO/c1-2-3-4-12-5-7-13(8-6-12)17(20)14-9-15(18)11-16(19)10-14/h5-11,17,20H,2-4H2,1H3. The van der Waals surface area contributed by atoms with E-state index in [1.165, 1.54) is 18.4 Å². The molecule has 0 heterocycles. The van der Waals surface area contributed by atoms with Crippen LogP contribution in [0.3, 0.4) is 0 Å². The lowest BCUT2D eigenvalue weighted by atomic mass is 9.99. The normalized spacial score (nSPS) is 12.4. The molecule has 0 aliphatic heterocycles. The SMILES string of the molecule is CCCCc1ccc(C(O)c2cc(Cl)cc(Br)c2)cc1. The van der Waals surface area contributed by atoms with Gasteiger partial charge in [0.05, 0.1) is 0 Å². The van der Waals surface area contributed by atoms with Crippen molar-refractivity contribution in [2.24, 2.45) is 0 Å². The van der Waals surface area contributed by atoms with Crippen LogP contribution in [0.2, 0.25) is 5.02 Å². The van der Waals surface area contributed by atoms with Gasteiger partial charge in [0.25, 0.3) is 0 Å². The Bertz CT molecular complexity index is 545. The maximum atomic E-state index is 10.4. The van der Waals surface area contributed by atoms with Crippen molar-refractivity contribution < 1.29 is 5.11 Å². The third-order valence-electron chi connectivity index (χ3n) is 3.32. The summed E-state index contributed by atoms with van der Waals surface area (Å²) < 4.78 is 0.874. The first-order chi connectivity index (χ1) is 9.60. The molecule has 3 heteroatoms. The van der Waals surface area contributed by atoms with Gasteiger partial charge in [-0.3, -0.25) is 0 Å². The second-order valence-electron chi connectivity index (χ2n) is 4.95. The third-order valence-corrected chi connectivity index (χ3v) is 3.99. The molecule has 1 nitrogen and oxygen atoms in total. The predicted molar refractivity (Wildman–Crippen MR) is 88.3 cm³/mol. The molecule has 0 radical (unpaired) electrons. The zero-order chi connectivity index (χ0) is 14.5. The molecular formula is C17H18BrClO. The molecule has 0 saturated heterocycles. The molecule has 1 N–H and O–H groups in total. The van der Waals surface area contributed by atoms with Crippen molar-refractivity contribution in [2.75, 3.05) is 0 Å². The summed E-state index contributed by atoms with van der Waals surface area (Å²) in [5, 5.41) is 11.0. The summed E-state index contributed by atoms with van der Waals surface area (Å²) in [6.07, 6.45) is 2.84. The zero-order valence-electron chi connectivity index (χ0n) is 11.4. The van der Waals surface area contributed by atoms with Crippen LogP contribution < -0.4 is 0 Å². The van der Waals surface area contributed by atoms with Gasteiger partial charge < -0.3 is 5.11 Å². The Balaban J connectivity index is 2.17. The average Bonchev–Trinajstić information content (AvgIpc) is 2.44. The van der Waals surface area contributed by atoms with Crippen molar-refractivity contribution in [3.05, 3.63) is 68.7 Å². The first-order valence-corrected chi connectivity index (χ1v) is 8.00. The van der Waals surface area contributed by atoms with E-state index in [4.69, 9.17) is 11.6 Å². The fourth-order valence-corrected chi connectivity index (χ4v) is 3.06. The van der Waals surface area contributed by atoms with Gasteiger partial charge in [0.1, 0.15) is 6.10 Å². The Labute approximate surface area is 133 Å². The Morgan fingerprint density at radius 1 is 1.10 bits per heavy atom. The molecule has 2 aromatic rings. The predicted octanol–water partition coefficient (Wildman–Crippen LogP) is 5.53. The minimum Gasteiger partial charge on any atom is -0.384 e. The molecule has 0 bridgehead atoms. The highest BCUT2D eigenvalue weighted by molar-refractivity contribution is 9.10. The maximum Gasteiger partial charge on any atom is 0.104 e. The molecule has 1 unspecified atom stereocenters. The monoisotopic (exact) mass is 352 g/mol. The van der Waals surface area contributed by atoms with E-state index in [1.54, 1.807) is 6.07 Å². The van der Waals surface area contributed by atoms with Crippen LogP contribution in [0.5, 0.6) is 0 Å². The second-order valence-corrected chi connectivity index (χ2v) is 6.30. The zero-order valence-corrected chi connectivity index (χ0v) is 13.8. The lowest BCUT2D eigenvalue weighted by Crippen LogP contribution is -2.00. The van der Waals surface area contributed by atoms with Gasteiger partial charge in [0.2, 0.25) is 0 Å². The third kappa shape index (κ3) is 4.08. The molecule has 0 spiro atoms. The summed E-state index contributed by atoms with van der Waals surface area (Å²) in [5.74, 6) is 0. The van der Waals surface area contributed by atoms with Crippen LogP contribution in [0.15, 0.2) is 46.9 Å². The molecule has 0 aromatic heterocycles.